The molecule has 202 valence electrons. The van der Waals surface area contributed by atoms with E-state index in [1.54, 1.807) is 24.5 Å². The minimum absolute atomic E-state index is 0.0462. The van der Waals surface area contributed by atoms with E-state index in [1.165, 1.54) is 5.06 Å². The molecule has 1 aromatic heterocycles. The maximum absolute atomic E-state index is 13.0. The monoisotopic (exact) mass is 521 g/mol. The van der Waals surface area contributed by atoms with Crippen molar-refractivity contribution in [2.45, 2.75) is 32.2 Å². The van der Waals surface area contributed by atoms with Gasteiger partial charge in [-0.15, -0.1) is 0 Å². The molecule has 4 rings (SSSR count). The number of pyridine rings is 1. The largest absolute Gasteiger partial charge is 0.380 e. The molecular formula is C28H35N5O5. The van der Waals surface area contributed by atoms with Crippen molar-refractivity contribution in [1.82, 2.24) is 14.9 Å². The molecule has 10 nitrogen and oxygen atoms in total. The van der Waals surface area contributed by atoms with Crippen LogP contribution in [0.25, 0.3) is 0 Å². The Balaban J connectivity index is 1.19. The van der Waals surface area contributed by atoms with Crippen LogP contribution in [0, 0.1) is 0 Å². The molecule has 1 saturated heterocycles. The number of rotatable bonds is 15. The van der Waals surface area contributed by atoms with E-state index in [9.17, 15) is 14.4 Å². The van der Waals surface area contributed by atoms with Gasteiger partial charge < -0.3 is 15.4 Å². The van der Waals surface area contributed by atoms with E-state index in [0.29, 0.717) is 43.9 Å². The average Bonchev–Trinajstić information content (AvgIpc) is 2.96. The van der Waals surface area contributed by atoms with Crippen LogP contribution >= 0.6 is 0 Å². The fourth-order valence-electron chi connectivity index (χ4n) is 4.24. The summed E-state index contributed by atoms with van der Waals surface area (Å²) in [6.45, 7) is 5.35. The average molecular weight is 522 g/mol. The summed E-state index contributed by atoms with van der Waals surface area (Å²) in [6, 6.07) is 13.3. The predicted molar refractivity (Wildman–Crippen MR) is 146 cm³/mol. The predicted octanol–water partition coefficient (Wildman–Crippen LogP) is 2.69. The van der Waals surface area contributed by atoms with Crippen molar-refractivity contribution in [3.8, 4) is 0 Å². The Morgan fingerprint density at radius 1 is 0.974 bits per heavy atom. The fourth-order valence-corrected chi connectivity index (χ4v) is 4.24. The van der Waals surface area contributed by atoms with Crippen LogP contribution in [0.15, 0.2) is 64.4 Å². The van der Waals surface area contributed by atoms with Crippen molar-refractivity contribution < 1.29 is 14.4 Å². The maximum Gasteiger partial charge on any atom is 0.253 e. The van der Waals surface area contributed by atoms with Gasteiger partial charge in [0.2, 0.25) is 5.91 Å². The minimum Gasteiger partial charge on any atom is -0.380 e. The molecule has 0 bridgehead atoms. The third-order valence-electron chi connectivity index (χ3n) is 6.43. The Hall–Kier alpha value is -3.60. The molecular weight excluding hydrogens is 486 g/mol. The lowest BCUT2D eigenvalue weighted by atomic mass is 10.1. The van der Waals surface area contributed by atoms with Crippen molar-refractivity contribution in [3.05, 3.63) is 80.9 Å². The number of ether oxygens (including phenoxy) is 1. The summed E-state index contributed by atoms with van der Waals surface area (Å²) in [5.74, 6) is -0.0462. The van der Waals surface area contributed by atoms with Gasteiger partial charge >= 0.3 is 0 Å². The minimum atomic E-state index is -0.526. The van der Waals surface area contributed by atoms with Crippen molar-refractivity contribution >= 4 is 23.0 Å². The summed E-state index contributed by atoms with van der Waals surface area (Å²) in [5, 5.41) is 7.53. The zero-order valence-corrected chi connectivity index (χ0v) is 21.6. The highest BCUT2D eigenvalue weighted by atomic mass is 16.7. The number of nitrogens with zero attached hydrogens (tertiary/aromatic N) is 3. The van der Waals surface area contributed by atoms with Crippen LogP contribution < -0.4 is 21.5 Å². The molecule has 1 fully saturated rings. The molecule has 0 radical (unpaired) electrons. The van der Waals surface area contributed by atoms with E-state index in [2.05, 4.69) is 20.5 Å². The molecule has 1 aliphatic heterocycles. The van der Waals surface area contributed by atoms with Gasteiger partial charge in [0.05, 0.1) is 26.4 Å². The molecule has 0 aliphatic carbocycles. The molecule has 1 amide bonds. The Kier molecular flexibility index (Phi) is 10.4. The van der Waals surface area contributed by atoms with Gasteiger partial charge in [0, 0.05) is 50.7 Å². The summed E-state index contributed by atoms with van der Waals surface area (Å²) in [4.78, 5) is 49.1. The molecule has 0 unspecified atom stereocenters. The molecule has 2 heterocycles. The van der Waals surface area contributed by atoms with E-state index >= 15 is 0 Å². The third-order valence-corrected chi connectivity index (χ3v) is 6.43. The van der Waals surface area contributed by atoms with Gasteiger partial charge in [0.1, 0.15) is 11.4 Å². The van der Waals surface area contributed by atoms with Crippen LogP contribution in [0.1, 0.15) is 31.2 Å². The van der Waals surface area contributed by atoms with Crippen molar-refractivity contribution in [2.24, 2.45) is 0 Å². The van der Waals surface area contributed by atoms with E-state index in [1.807, 2.05) is 30.3 Å². The summed E-state index contributed by atoms with van der Waals surface area (Å²) in [6.07, 6.45) is 5.86. The molecule has 10 heteroatoms. The number of carbonyl (C=O) groups is 1. The van der Waals surface area contributed by atoms with Crippen LogP contribution in [-0.4, -0.2) is 66.9 Å². The molecule has 0 saturated carbocycles. The smallest absolute Gasteiger partial charge is 0.253 e. The molecule has 1 aliphatic rings. The topological polar surface area (TPSA) is 113 Å². The lowest BCUT2D eigenvalue weighted by Crippen LogP contribution is -2.40. The number of nitrogens with one attached hydrogen (secondary N) is 2. The number of amides is 1. The van der Waals surface area contributed by atoms with Gasteiger partial charge in [-0.2, -0.15) is 0 Å². The summed E-state index contributed by atoms with van der Waals surface area (Å²) in [5.41, 5.74) is 1.26. The second-order valence-electron chi connectivity index (χ2n) is 9.21. The van der Waals surface area contributed by atoms with Crippen LogP contribution in [0.3, 0.4) is 0 Å². The highest BCUT2D eigenvalue weighted by Crippen LogP contribution is 2.20. The number of unbranched alkanes of at least 4 members (excludes halogenated alkanes) is 2. The number of carbonyl (C=O) groups excluding carboxylic acids is 1. The number of hydrogen-bond donors (Lipinski definition) is 2. The van der Waals surface area contributed by atoms with Gasteiger partial charge in [0.15, 0.2) is 0 Å². The van der Waals surface area contributed by atoms with E-state index in [4.69, 9.17) is 9.57 Å². The normalized spacial score (nSPS) is 13.9. The van der Waals surface area contributed by atoms with E-state index < -0.39 is 10.9 Å². The summed E-state index contributed by atoms with van der Waals surface area (Å²) in [7, 11) is 0. The van der Waals surface area contributed by atoms with Crippen LogP contribution in [0.4, 0.5) is 17.1 Å². The number of hydroxylamine groups is 2. The van der Waals surface area contributed by atoms with Gasteiger partial charge in [-0.3, -0.25) is 29.1 Å². The van der Waals surface area contributed by atoms with Crippen molar-refractivity contribution in [1.29, 1.82) is 0 Å². The number of hydrogen-bond acceptors (Lipinski definition) is 9. The highest BCUT2D eigenvalue weighted by molar-refractivity contribution is 5.78. The first-order valence-corrected chi connectivity index (χ1v) is 13.1. The maximum atomic E-state index is 13.0. The number of morpholine rings is 1. The molecule has 2 N–H and O–H groups in total. The first-order valence-electron chi connectivity index (χ1n) is 13.1. The van der Waals surface area contributed by atoms with E-state index in [0.717, 1.165) is 51.3 Å². The SMILES string of the molecule is O=C(CCCCCNc1c(Nc2ccncc2)c(=O)c1=O)N(Cc1ccccc1)OCCN1CCOCC1. The van der Waals surface area contributed by atoms with Crippen molar-refractivity contribution in [3.63, 3.8) is 0 Å². The van der Waals surface area contributed by atoms with Gasteiger partial charge in [0.25, 0.3) is 10.9 Å². The second kappa shape index (κ2) is 14.4. The highest BCUT2D eigenvalue weighted by Gasteiger charge is 2.21. The third kappa shape index (κ3) is 7.95. The fraction of sp³-hybridized carbons (Fsp3) is 0.429. The summed E-state index contributed by atoms with van der Waals surface area (Å²) < 4.78 is 5.39. The number of anilines is 3. The molecule has 2 aromatic carbocycles. The molecule has 0 atom stereocenters. The number of aromatic nitrogens is 1. The number of benzene rings is 1. The first-order chi connectivity index (χ1) is 18.6. The zero-order chi connectivity index (χ0) is 26.6. The Labute approximate surface area is 222 Å². The lowest BCUT2D eigenvalue weighted by molar-refractivity contribution is -0.192. The van der Waals surface area contributed by atoms with Crippen molar-refractivity contribution in [2.75, 3.05) is 56.6 Å². The van der Waals surface area contributed by atoms with Gasteiger partial charge in [-0.1, -0.05) is 36.8 Å². The standard InChI is InChI=1S/C28H35N5O5/c34-24(33(21-22-7-3-1-4-8-22)38-20-17-32-15-18-37-19-16-32)9-5-2-6-12-30-25-26(28(36)27(25)35)31-23-10-13-29-14-11-23/h1,3-4,7-8,10-11,13-14,30H,2,5-6,9,12,15-21H2,(H,29,31). The second-order valence-corrected chi connectivity index (χ2v) is 9.21. The Morgan fingerprint density at radius 2 is 1.71 bits per heavy atom. The van der Waals surface area contributed by atoms with Gasteiger partial charge in [-0.25, -0.2) is 5.06 Å². The lowest BCUT2D eigenvalue weighted by Gasteiger charge is -2.28. The molecule has 38 heavy (non-hydrogen) atoms. The van der Waals surface area contributed by atoms with Gasteiger partial charge in [-0.05, 0) is 30.5 Å². The molecule has 0 spiro atoms. The first kappa shape index (κ1) is 27.4. The Bertz CT molecular complexity index is 1210. The molecule has 3 aromatic rings. The Morgan fingerprint density at radius 3 is 2.47 bits per heavy atom. The zero-order valence-electron chi connectivity index (χ0n) is 21.6. The van der Waals surface area contributed by atoms with Crippen LogP contribution in [-0.2, 0) is 20.9 Å². The summed E-state index contributed by atoms with van der Waals surface area (Å²) >= 11 is 0. The van der Waals surface area contributed by atoms with E-state index in [-0.39, 0.29) is 11.6 Å². The quantitative estimate of drug-likeness (QED) is 0.177. The van der Waals surface area contributed by atoms with Crippen LogP contribution in [0.2, 0.25) is 0 Å². The van der Waals surface area contributed by atoms with Crippen LogP contribution in [0.5, 0.6) is 0 Å².